The number of nitrogens with zero attached hydrogens (tertiary/aromatic N) is 1. The SMILES string of the molecule is C=C(N)NCCSc1ccc(NC(=O)Nc2ccc(O[C@@H]3CCN(C(=N)N)C3)c(C(F)(F)F)c2)cc1C(F)(F)F. The number of carbonyl (C=O) groups excluding carboxylic acids is 1. The van der Waals surface area contributed by atoms with Gasteiger partial charge in [-0.05, 0) is 36.4 Å². The van der Waals surface area contributed by atoms with Crippen molar-refractivity contribution < 1.29 is 35.9 Å². The van der Waals surface area contributed by atoms with Crippen LogP contribution in [0, 0.1) is 5.41 Å². The summed E-state index contributed by atoms with van der Waals surface area (Å²) in [5, 5.41) is 14.5. The summed E-state index contributed by atoms with van der Waals surface area (Å²) in [6.07, 6.45) is -9.83. The normalized spacial score (nSPS) is 15.4. The van der Waals surface area contributed by atoms with Crippen molar-refractivity contribution in [1.29, 1.82) is 5.41 Å². The molecule has 1 heterocycles. The highest BCUT2D eigenvalue weighted by Gasteiger charge is 2.37. The van der Waals surface area contributed by atoms with Crippen LogP contribution in [0.2, 0.25) is 0 Å². The zero-order valence-corrected chi connectivity index (χ0v) is 21.7. The first-order valence-corrected chi connectivity index (χ1v) is 12.7. The number of thioether (sulfide) groups is 1. The number of halogens is 6. The standard InChI is InChI=1S/C24H27F6N7O2S/c1-13(31)34-7-9-40-20-5-3-15(11-18(20)24(28,29)30)36-22(38)35-14-2-4-19(17(10-14)23(25,26)27)39-16-6-8-37(12-16)21(32)33/h2-5,10-11,16,34H,1,6-9,12,31H2,(H3,32,33)(H2,35,36,38)/t16-/m1/s1. The molecule has 218 valence electrons. The van der Waals surface area contributed by atoms with Crippen molar-refractivity contribution in [1.82, 2.24) is 10.2 Å². The van der Waals surface area contributed by atoms with Crippen molar-refractivity contribution in [3.63, 3.8) is 0 Å². The van der Waals surface area contributed by atoms with Crippen molar-refractivity contribution >= 4 is 35.1 Å². The lowest BCUT2D eigenvalue weighted by molar-refractivity contribution is -0.140. The van der Waals surface area contributed by atoms with E-state index in [0.717, 1.165) is 23.9 Å². The van der Waals surface area contributed by atoms with E-state index < -0.39 is 41.4 Å². The number of benzene rings is 2. The van der Waals surface area contributed by atoms with Crippen molar-refractivity contribution in [2.24, 2.45) is 11.5 Å². The number of carbonyl (C=O) groups is 1. The third-order valence-electron chi connectivity index (χ3n) is 5.58. The monoisotopic (exact) mass is 591 g/mol. The van der Waals surface area contributed by atoms with Gasteiger partial charge in [-0.15, -0.1) is 11.8 Å². The van der Waals surface area contributed by atoms with Crippen LogP contribution in [0.4, 0.5) is 42.5 Å². The molecule has 1 aliphatic heterocycles. The van der Waals surface area contributed by atoms with E-state index in [4.69, 9.17) is 21.6 Å². The third-order valence-corrected chi connectivity index (χ3v) is 6.65. The minimum absolute atomic E-state index is 0.0815. The number of hydrogen-bond donors (Lipinski definition) is 6. The summed E-state index contributed by atoms with van der Waals surface area (Å²) < 4.78 is 87.6. The average Bonchev–Trinajstić information content (AvgIpc) is 3.31. The van der Waals surface area contributed by atoms with Crippen LogP contribution in [0.5, 0.6) is 5.75 Å². The lowest BCUT2D eigenvalue weighted by Gasteiger charge is -2.20. The molecule has 16 heteroatoms. The number of likely N-dealkylation sites (tertiary alicyclic amines) is 1. The number of urea groups is 1. The van der Waals surface area contributed by atoms with E-state index in [1.165, 1.54) is 23.1 Å². The van der Waals surface area contributed by atoms with Gasteiger partial charge < -0.3 is 37.1 Å². The third kappa shape index (κ3) is 8.53. The molecular weight excluding hydrogens is 564 g/mol. The fraction of sp³-hybridized carbons (Fsp3) is 0.333. The van der Waals surface area contributed by atoms with Crippen LogP contribution in [0.25, 0.3) is 0 Å². The van der Waals surface area contributed by atoms with Gasteiger partial charge in [0.1, 0.15) is 11.9 Å². The number of amides is 2. The van der Waals surface area contributed by atoms with Crippen LogP contribution < -0.4 is 32.2 Å². The number of ether oxygens (including phenoxy) is 1. The first-order chi connectivity index (χ1) is 18.6. The molecule has 0 spiro atoms. The summed E-state index contributed by atoms with van der Waals surface area (Å²) in [5.74, 6) is -0.247. The van der Waals surface area contributed by atoms with Gasteiger partial charge in [-0.25, -0.2) is 4.79 Å². The van der Waals surface area contributed by atoms with Crippen molar-refractivity contribution in [3.05, 3.63) is 59.9 Å². The van der Waals surface area contributed by atoms with Crippen LogP contribution in [0.3, 0.4) is 0 Å². The lowest BCUT2D eigenvalue weighted by atomic mass is 10.1. The molecular formula is C24H27F6N7O2S. The van der Waals surface area contributed by atoms with Crippen LogP contribution in [0.15, 0.2) is 53.7 Å². The van der Waals surface area contributed by atoms with Gasteiger partial charge in [0.15, 0.2) is 5.96 Å². The molecule has 8 N–H and O–H groups in total. The van der Waals surface area contributed by atoms with E-state index >= 15 is 0 Å². The highest BCUT2D eigenvalue weighted by atomic mass is 32.2. The van der Waals surface area contributed by atoms with Gasteiger partial charge in [0.2, 0.25) is 0 Å². The molecule has 0 radical (unpaired) electrons. The Hall–Kier alpha value is -3.95. The highest BCUT2D eigenvalue weighted by Crippen LogP contribution is 2.40. The molecule has 9 nitrogen and oxygen atoms in total. The molecule has 1 fully saturated rings. The molecule has 2 aromatic carbocycles. The van der Waals surface area contributed by atoms with E-state index in [9.17, 15) is 31.1 Å². The Morgan fingerprint density at radius 2 is 1.65 bits per heavy atom. The number of alkyl halides is 6. The Bertz CT molecular complexity index is 1260. The number of guanidine groups is 1. The van der Waals surface area contributed by atoms with Gasteiger partial charge in [0, 0.05) is 41.5 Å². The van der Waals surface area contributed by atoms with Gasteiger partial charge in [0.05, 0.1) is 23.5 Å². The number of anilines is 2. The largest absolute Gasteiger partial charge is 0.488 e. The summed E-state index contributed by atoms with van der Waals surface area (Å²) in [4.78, 5) is 13.8. The summed E-state index contributed by atoms with van der Waals surface area (Å²) in [6.45, 7) is 4.22. The Labute approximate surface area is 229 Å². The molecule has 1 atom stereocenters. The van der Waals surface area contributed by atoms with Gasteiger partial charge >= 0.3 is 18.4 Å². The molecule has 1 saturated heterocycles. The highest BCUT2D eigenvalue weighted by molar-refractivity contribution is 7.99. The number of nitrogens with two attached hydrogens (primary N) is 2. The van der Waals surface area contributed by atoms with Gasteiger partial charge in [0.25, 0.3) is 0 Å². The molecule has 0 aliphatic carbocycles. The predicted octanol–water partition coefficient (Wildman–Crippen LogP) is 4.83. The second kappa shape index (κ2) is 12.5. The van der Waals surface area contributed by atoms with Gasteiger partial charge in [-0.3, -0.25) is 5.41 Å². The molecule has 0 aromatic heterocycles. The Balaban J connectivity index is 1.71. The van der Waals surface area contributed by atoms with E-state index in [1.807, 2.05) is 0 Å². The molecule has 0 saturated carbocycles. The van der Waals surface area contributed by atoms with E-state index in [2.05, 4.69) is 22.5 Å². The topological polar surface area (TPSA) is 142 Å². The average molecular weight is 592 g/mol. The van der Waals surface area contributed by atoms with Crippen LogP contribution in [-0.4, -0.2) is 48.4 Å². The van der Waals surface area contributed by atoms with Crippen molar-refractivity contribution in [2.75, 3.05) is 36.0 Å². The second-order valence-electron chi connectivity index (χ2n) is 8.66. The Morgan fingerprint density at radius 3 is 2.20 bits per heavy atom. The fourth-order valence-corrected chi connectivity index (χ4v) is 4.69. The minimum atomic E-state index is -4.83. The van der Waals surface area contributed by atoms with E-state index in [-0.39, 0.29) is 46.9 Å². The minimum Gasteiger partial charge on any atom is -0.488 e. The second-order valence-corrected chi connectivity index (χ2v) is 9.79. The summed E-state index contributed by atoms with van der Waals surface area (Å²) in [7, 11) is 0. The number of hydrogen-bond acceptors (Lipinski definition) is 6. The maximum absolute atomic E-state index is 13.7. The molecule has 40 heavy (non-hydrogen) atoms. The molecule has 1 aliphatic rings. The maximum Gasteiger partial charge on any atom is 0.420 e. The molecule has 2 amide bonds. The van der Waals surface area contributed by atoms with Gasteiger partial charge in [-0.1, -0.05) is 6.58 Å². The van der Waals surface area contributed by atoms with E-state index in [1.54, 1.807) is 0 Å². The first kappa shape index (κ1) is 30.6. The van der Waals surface area contributed by atoms with Crippen LogP contribution >= 0.6 is 11.8 Å². The molecule has 0 unspecified atom stereocenters. The number of nitrogens with one attached hydrogen (secondary N) is 4. The molecule has 2 aromatic rings. The smallest absolute Gasteiger partial charge is 0.420 e. The first-order valence-electron chi connectivity index (χ1n) is 11.7. The van der Waals surface area contributed by atoms with Crippen LogP contribution in [0.1, 0.15) is 17.5 Å². The quantitative estimate of drug-likeness (QED) is 0.0807. The fourth-order valence-electron chi connectivity index (χ4n) is 3.78. The van der Waals surface area contributed by atoms with Gasteiger partial charge in [-0.2, -0.15) is 26.3 Å². The zero-order valence-electron chi connectivity index (χ0n) is 20.9. The van der Waals surface area contributed by atoms with Crippen LogP contribution in [-0.2, 0) is 12.4 Å². The maximum atomic E-state index is 13.7. The molecule has 0 bridgehead atoms. The summed E-state index contributed by atoms with van der Waals surface area (Å²) >= 11 is 0.919. The summed E-state index contributed by atoms with van der Waals surface area (Å²) in [5.41, 5.74) is 8.16. The van der Waals surface area contributed by atoms with Crippen molar-refractivity contribution in [3.8, 4) is 5.75 Å². The Kier molecular flexibility index (Phi) is 9.55. The van der Waals surface area contributed by atoms with E-state index in [0.29, 0.717) is 19.0 Å². The summed E-state index contributed by atoms with van der Waals surface area (Å²) in [6, 6.07) is 5.00. The Morgan fingerprint density at radius 1 is 1.05 bits per heavy atom. The zero-order chi connectivity index (χ0) is 29.7. The van der Waals surface area contributed by atoms with Crippen molar-refractivity contribution in [2.45, 2.75) is 29.8 Å². The predicted molar refractivity (Wildman–Crippen MR) is 140 cm³/mol. The number of rotatable bonds is 9. The lowest BCUT2D eigenvalue weighted by Crippen LogP contribution is -2.35. The molecule has 3 rings (SSSR count).